The van der Waals surface area contributed by atoms with Gasteiger partial charge in [0.15, 0.2) is 0 Å². The molecule has 0 amide bonds. The van der Waals surface area contributed by atoms with E-state index in [0.29, 0.717) is 18.1 Å². The van der Waals surface area contributed by atoms with Gasteiger partial charge >= 0.3 is 0 Å². The van der Waals surface area contributed by atoms with Crippen LogP contribution >= 0.6 is 11.3 Å². The molecule has 2 aliphatic heterocycles. The molecule has 0 radical (unpaired) electrons. The number of likely N-dealkylation sites (N-methyl/N-ethyl adjacent to an activating group) is 1. The predicted octanol–water partition coefficient (Wildman–Crippen LogP) is 3.26. The zero-order chi connectivity index (χ0) is 17.1. The van der Waals surface area contributed by atoms with Crippen molar-refractivity contribution in [3.05, 3.63) is 52.5 Å². The summed E-state index contributed by atoms with van der Waals surface area (Å²) in [5.74, 6) is 0.682. The van der Waals surface area contributed by atoms with Crippen LogP contribution in [0.2, 0.25) is 0 Å². The summed E-state index contributed by atoms with van der Waals surface area (Å²) in [6, 6.07) is 6.31. The van der Waals surface area contributed by atoms with Gasteiger partial charge in [0.1, 0.15) is 0 Å². The van der Waals surface area contributed by atoms with Crippen molar-refractivity contribution in [2.45, 2.75) is 31.5 Å². The lowest BCUT2D eigenvalue weighted by molar-refractivity contribution is -0.0935. The van der Waals surface area contributed by atoms with Gasteiger partial charge in [-0.05, 0) is 72.4 Å². The number of nitrogens with zero attached hydrogens (tertiary/aromatic N) is 3. The zero-order valence-corrected chi connectivity index (χ0v) is 15.8. The predicted molar refractivity (Wildman–Crippen MR) is 102 cm³/mol. The lowest BCUT2D eigenvalue weighted by atomic mass is 9.75. The minimum Gasteiger partial charge on any atom is -0.376 e. The SMILES string of the molecule is CN1CC[C@@H](COCc2ccncc2)CC12CN(Cc1ccsc1)C2. The van der Waals surface area contributed by atoms with Crippen LogP contribution < -0.4 is 0 Å². The minimum atomic E-state index is 0.374. The van der Waals surface area contributed by atoms with Gasteiger partial charge in [-0.25, -0.2) is 0 Å². The van der Waals surface area contributed by atoms with Gasteiger partial charge in [0.25, 0.3) is 0 Å². The Morgan fingerprint density at radius 3 is 2.84 bits per heavy atom. The maximum atomic E-state index is 6.01. The molecule has 0 aliphatic carbocycles. The maximum Gasteiger partial charge on any atom is 0.0718 e. The highest BCUT2D eigenvalue weighted by Gasteiger charge is 2.49. The minimum absolute atomic E-state index is 0.374. The molecule has 0 aromatic carbocycles. The van der Waals surface area contributed by atoms with Crippen LogP contribution in [0.1, 0.15) is 24.0 Å². The van der Waals surface area contributed by atoms with Crippen molar-refractivity contribution in [2.24, 2.45) is 5.92 Å². The van der Waals surface area contributed by atoms with Gasteiger partial charge in [-0.15, -0.1) is 0 Å². The van der Waals surface area contributed by atoms with Crippen molar-refractivity contribution in [2.75, 3.05) is 33.3 Å². The summed E-state index contributed by atoms with van der Waals surface area (Å²) < 4.78 is 6.01. The van der Waals surface area contributed by atoms with Gasteiger partial charge in [0.05, 0.1) is 6.61 Å². The highest BCUT2D eigenvalue weighted by atomic mass is 32.1. The lowest BCUT2D eigenvalue weighted by Crippen LogP contribution is -2.71. The van der Waals surface area contributed by atoms with E-state index < -0.39 is 0 Å². The summed E-state index contributed by atoms with van der Waals surface area (Å²) >= 11 is 1.79. The molecule has 2 aliphatic rings. The van der Waals surface area contributed by atoms with Crippen LogP contribution in [0.5, 0.6) is 0 Å². The second-order valence-electron chi connectivity index (χ2n) is 7.65. The summed E-state index contributed by atoms with van der Waals surface area (Å²) in [5, 5.41) is 4.44. The highest BCUT2D eigenvalue weighted by molar-refractivity contribution is 7.07. The maximum absolute atomic E-state index is 6.01. The molecular formula is C20H27N3OS. The Hall–Kier alpha value is -1.27. The first-order valence-electron chi connectivity index (χ1n) is 9.15. The van der Waals surface area contributed by atoms with E-state index in [2.05, 4.69) is 38.7 Å². The first-order valence-corrected chi connectivity index (χ1v) is 10.1. The molecule has 4 rings (SSSR count). The van der Waals surface area contributed by atoms with E-state index in [1.807, 2.05) is 24.5 Å². The lowest BCUT2D eigenvalue weighted by Gasteiger charge is -2.58. The average Bonchev–Trinajstić information content (AvgIpc) is 3.10. The summed E-state index contributed by atoms with van der Waals surface area (Å²) in [5.41, 5.74) is 3.04. The molecule has 4 nitrogen and oxygen atoms in total. The van der Waals surface area contributed by atoms with Crippen LogP contribution in [0.4, 0.5) is 0 Å². The van der Waals surface area contributed by atoms with E-state index in [9.17, 15) is 0 Å². The number of ether oxygens (including phenoxy) is 1. The molecule has 0 saturated carbocycles. The summed E-state index contributed by atoms with van der Waals surface area (Å²) in [4.78, 5) is 9.23. The molecule has 2 aromatic heterocycles. The first-order chi connectivity index (χ1) is 12.2. The van der Waals surface area contributed by atoms with Crippen molar-refractivity contribution < 1.29 is 4.74 Å². The third-order valence-corrected chi connectivity index (χ3v) is 6.48. The number of likely N-dealkylation sites (tertiary alicyclic amines) is 2. The fraction of sp³-hybridized carbons (Fsp3) is 0.550. The Morgan fingerprint density at radius 2 is 2.08 bits per heavy atom. The number of pyridine rings is 1. The van der Waals surface area contributed by atoms with E-state index in [0.717, 1.165) is 13.2 Å². The summed E-state index contributed by atoms with van der Waals surface area (Å²) in [6.45, 7) is 6.26. The van der Waals surface area contributed by atoms with Crippen LogP contribution in [-0.2, 0) is 17.9 Å². The summed E-state index contributed by atoms with van der Waals surface area (Å²) in [6.07, 6.45) is 6.18. The van der Waals surface area contributed by atoms with Crippen LogP contribution in [0.3, 0.4) is 0 Å². The third-order valence-electron chi connectivity index (χ3n) is 5.74. The second-order valence-corrected chi connectivity index (χ2v) is 8.43. The molecule has 1 spiro atoms. The smallest absolute Gasteiger partial charge is 0.0718 e. The molecular weight excluding hydrogens is 330 g/mol. The van der Waals surface area contributed by atoms with Crippen molar-refractivity contribution in [1.29, 1.82) is 0 Å². The van der Waals surface area contributed by atoms with Crippen molar-refractivity contribution in [3.8, 4) is 0 Å². The number of hydrogen-bond acceptors (Lipinski definition) is 5. The van der Waals surface area contributed by atoms with Crippen molar-refractivity contribution >= 4 is 11.3 Å². The average molecular weight is 358 g/mol. The van der Waals surface area contributed by atoms with E-state index in [-0.39, 0.29) is 0 Å². The topological polar surface area (TPSA) is 28.6 Å². The Kier molecular flexibility index (Phi) is 5.17. The Labute approximate surface area is 154 Å². The van der Waals surface area contributed by atoms with Gasteiger partial charge < -0.3 is 4.74 Å². The number of rotatable bonds is 6. The van der Waals surface area contributed by atoms with Crippen LogP contribution in [0, 0.1) is 5.92 Å². The largest absolute Gasteiger partial charge is 0.376 e. The molecule has 2 aromatic rings. The fourth-order valence-electron chi connectivity index (χ4n) is 4.28. The molecule has 134 valence electrons. The molecule has 0 N–H and O–H groups in total. The number of hydrogen-bond donors (Lipinski definition) is 0. The van der Waals surface area contributed by atoms with Gasteiger partial charge in [-0.1, -0.05) is 0 Å². The molecule has 5 heteroatoms. The van der Waals surface area contributed by atoms with Crippen LogP contribution in [-0.4, -0.2) is 53.6 Å². The summed E-state index contributed by atoms with van der Waals surface area (Å²) in [7, 11) is 2.30. The Bertz CT molecular complexity index is 655. The van der Waals surface area contributed by atoms with Gasteiger partial charge in [-0.3, -0.25) is 14.8 Å². The number of piperidine rings is 1. The van der Waals surface area contributed by atoms with E-state index in [4.69, 9.17) is 4.74 Å². The molecule has 4 heterocycles. The monoisotopic (exact) mass is 357 g/mol. The number of aromatic nitrogens is 1. The van der Waals surface area contributed by atoms with Gasteiger partial charge in [-0.2, -0.15) is 11.3 Å². The first kappa shape index (κ1) is 17.2. The third kappa shape index (κ3) is 3.95. The van der Waals surface area contributed by atoms with E-state index in [1.54, 1.807) is 11.3 Å². The zero-order valence-electron chi connectivity index (χ0n) is 14.9. The van der Waals surface area contributed by atoms with Gasteiger partial charge in [0.2, 0.25) is 0 Å². The molecule has 0 unspecified atom stereocenters. The highest BCUT2D eigenvalue weighted by Crippen LogP contribution is 2.39. The van der Waals surface area contributed by atoms with Crippen LogP contribution in [0.15, 0.2) is 41.4 Å². The van der Waals surface area contributed by atoms with Crippen molar-refractivity contribution in [3.63, 3.8) is 0 Å². The Morgan fingerprint density at radius 1 is 1.24 bits per heavy atom. The van der Waals surface area contributed by atoms with E-state index in [1.165, 1.54) is 43.6 Å². The second kappa shape index (κ2) is 7.54. The Balaban J connectivity index is 1.26. The number of thiophene rings is 1. The molecule has 0 bridgehead atoms. The standard InChI is InChI=1S/C20H27N3OS/c1-22-8-4-18(13-24-12-17-2-6-21-7-3-17)10-20(22)15-23(16-20)11-19-5-9-25-14-19/h2-3,5-7,9,14,18H,4,8,10-13,15-16H2,1H3/t18-/m1/s1. The molecule has 25 heavy (non-hydrogen) atoms. The molecule has 2 fully saturated rings. The van der Waals surface area contributed by atoms with Crippen molar-refractivity contribution in [1.82, 2.24) is 14.8 Å². The van der Waals surface area contributed by atoms with E-state index >= 15 is 0 Å². The van der Waals surface area contributed by atoms with Crippen LogP contribution in [0.25, 0.3) is 0 Å². The normalized spacial score (nSPS) is 23.6. The molecule has 1 atom stereocenters. The quantitative estimate of drug-likeness (QED) is 0.793. The molecule has 2 saturated heterocycles. The van der Waals surface area contributed by atoms with Gasteiger partial charge in [0, 0.05) is 44.2 Å². The fourth-order valence-corrected chi connectivity index (χ4v) is 4.94.